The summed E-state index contributed by atoms with van der Waals surface area (Å²) in [6, 6.07) is 33.1. The molecule has 0 N–H and O–H groups in total. The Bertz CT molecular complexity index is 2110. The zero-order valence-corrected chi connectivity index (χ0v) is 31.0. The van der Waals surface area contributed by atoms with Crippen molar-refractivity contribution in [2.45, 2.75) is 53.3 Å². The normalized spacial score (nSPS) is 12.2. The van der Waals surface area contributed by atoms with E-state index in [1.807, 2.05) is 68.6 Å². The Morgan fingerprint density at radius 3 is 2.41 bits per heavy atom. The minimum Gasteiger partial charge on any atom is -0.486 e. The monoisotopic (exact) mass is 801 g/mol. The van der Waals surface area contributed by atoms with Crippen molar-refractivity contribution in [3.05, 3.63) is 108 Å². The molecule has 3 aromatic carbocycles. The van der Waals surface area contributed by atoms with Gasteiger partial charge in [0.1, 0.15) is 0 Å². The molecule has 0 spiro atoms. The van der Waals surface area contributed by atoms with E-state index >= 15 is 0 Å². The molecule has 4 aromatic heterocycles. The third kappa shape index (κ3) is 6.78. The summed E-state index contributed by atoms with van der Waals surface area (Å²) < 4.78 is 8.15. The second-order valence-electron chi connectivity index (χ2n) is 13.0. The van der Waals surface area contributed by atoms with Crippen LogP contribution in [0, 0.1) is 25.0 Å². The maximum absolute atomic E-state index is 6.07. The Morgan fingerprint density at radius 1 is 0.913 bits per heavy atom. The molecule has 0 aliphatic carbocycles. The molecular weight excluding hydrogens is 761 g/mol. The van der Waals surface area contributed by atoms with Gasteiger partial charge in [0.05, 0.1) is 30.5 Å². The molecule has 1 unspecified atom stereocenters. The summed E-state index contributed by atoms with van der Waals surface area (Å²) >= 11 is 0. The molecule has 7 aromatic rings. The molecule has 0 aliphatic rings. The maximum atomic E-state index is 6.07. The summed E-state index contributed by atoms with van der Waals surface area (Å²) in [6.45, 7) is 13.8. The number of hydrogen-bond acceptors (Lipinski definition) is 4. The van der Waals surface area contributed by atoms with Gasteiger partial charge in [-0.2, -0.15) is 0 Å². The van der Waals surface area contributed by atoms with E-state index in [1.54, 1.807) is 0 Å². The van der Waals surface area contributed by atoms with Crippen molar-refractivity contribution in [1.29, 1.82) is 0 Å². The van der Waals surface area contributed by atoms with E-state index in [0.29, 0.717) is 5.71 Å². The number of nitrogens with zero attached hydrogens (tertiary/aromatic N) is 4. The van der Waals surface area contributed by atoms with Gasteiger partial charge in [-0.3, -0.25) is 4.98 Å². The van der Waals surface area contributed by atoms with Gasteiger partial charge in [-0.1, -0.05) is 74.6 Å². The van der Waals surface area contributed by atoms with E-state index in [2.05, 4.69) is 85.6 Å². The minimum absolute atomic E-state index is 0. The van der Waals surface area contributed by atoms with Crippen LogP contribution >= 0.6 is 0 Å². The van der Waals surface area contributed by atoms with Gasteiger partial charge in [0, 0.05) is 44.4 Å². The van der Waals surface area contributed by atoms with Crippen molar-refractivity contribution in [3.63, 3.8) is 0 Å². The molecule has 0 amide bonds. The average molecular weight is 801 g/mol. The van der Waals surface area contributed by atoms with Gasteiger partial charge in [0.2, 0.25) is 5.71 Å². The summed E-state index contributed by atoms with van der Waals surface area (Å²) in [7, 11) is 0.662. The van der Waals surface area contributed by atoms with Crippen LogP contribution in [-0.2, 0) is 33.6 Å². The summed E-state index contributed by atoms with van der Waals surface area (Å²) in [6.07, 6.45) is 4.50. The fourth-order valence-corrected chi connectivity index (χ4v) is 7.40. The van der Waals surface area contributed by atoms with Crippen LogP contribution in [0.15, 0.2) is 89.5 Å². The fraction of sp³-hybridized carbons (Fsp3) is 0.256. The Kier molecular flexibility index (Phi) is 10.1. The van der Waals surface area contributed by atoms with Crippen LogP contribution in [0.2, 0.25) is 19.6 Å². The Labute approximate surface area is 286 Å². The topological polar surface area (TPSA) is 56.7 Å². The largest absolute Gasteiger partial charge is 0.486 e. The molecule has 4 heterocycles. The molecule has 5 nitrogen and oxygen atoms in total. The first kappa shape index (κ1) is 33.5. The van der Waals surface area contributed by atoms with Crippen LogP contribution < -0.4 is 5.19 Å². The number of fused-ring (bicyclic) bond motifs is 4. The molecule has 1 atom stereocenters. The van der Waals surface area contributed by atoms with Crippen LogP contribution in [0.4, 0.5) is 0 Å². The third-order valence-electron chi connectivity index (χ3n) is 8.50. The molecule has 0 fully saturated rings. The number of imidazole rings is 1. The van der Waals surface area contributed by atoms with E-state index in [4.69, 9.17) is 14.4 Å². The maximum Gasteiger partial charge on any atom is 0.216 e. The van der Waals surface area contributed by atoms with Gasteiger partial charge < -0.3 is 14.0 Å². The van der Waals surface area contributed by atoms with Crippen molar-refractivity contribution in [2.75, 3.05) is 0 Å². The molecule has 0 saturated carbocycles. The number of rotatable bonds is 6. The third-order valence-corrected chi connectivity index (χ3v) is 10.6. The van der Waals surface area contributed by atoms with Crippen molar-refractivity contribution < 1.29 is 24.5 Å². The molecule has 0 bridgehead atoms. The quantitative estimate of drug-likeness (QED) is 0.124. The SMILES string of the molecule is CCC(C)Cc1cc(-c2[c-]cccc2)ncc1[Si](C)(C)C.Cc1ccc2c(n1)oc1c(-c3nc4ccccc4n3C)[c-]ccc12.[Ir]. The van der Waals surface area contributed by atoms with Gasteiger partial charge in [0.15, 0.2) is 0 Å². The number of aryl methyl sites for hydroxylation is 2. The van der Waals surface area contributed by atoms with Gasteiger partial charge >= 0.3 is 0 Å². The van der Waals surface area contributed by atoms with E-state index in [9.17, 15) is 0 Å². The second-order valence-corrected chi connectivity index (χ2v) is 18.0. The van der Waals surface area contributed by atoms with Gasteiger partial charge in [-0.25, -0.2) is 4.98 Å². The van der Waals surface area contributed by atoms with E-state index in [0.717, 1.165) is 68.1 Å². The Morgan fingerprint density at radius 2 is 1.70 bits per heavy atom. The van der Waals surface area contributed by atoms with E-state index < -0.39 is 8.07 Å². The Balaban J connectivity index is 0.000000179. The first-order valence-electron chi connectivity index (χ1n) is 15.7. The van der Waals surface area contributed by atoms with Crippen LogP contribution in [0.3, 0.4) is 0 Å². The molecule has 237 valence electrons. The standard InChI is InChI=1S/C20H14N3O.C19H26NSi.Ir/c1-12-10-11-14-13-6-5-7-15(18(13)24-20(14)21-12)19-22-16-8-3-4-9-17(16)23(19)2;1-6-15(2)12-17-13-18(16-10-8-7-9-11-16)20-14-19(17)21(3,4)5;/h3-6,8-11H,1-2H3;7-10,13-15H,6,12H2,1-5H3;/q2*-1;. The minimum atomic E-state index is -1.35. The summed E-state index contributed by atoms with van der Waals surface area (Å²) in [5.41, 5.74) is 8.92. The molecule has 7 heteroatoms. The van der Waals surface area contributed by atoms with Crippen molar-refractivity contribution in [3.8, 4) is 22.6 Å². The molecule has 46 heavy (non-hydrogen) atoms. The van der Waals surface area contributed by atoms with Gasteiger partial charge in [-0.05, 0) is 54.4 Å². The molecule has 1 radical (unpaired) electrons. The van der Waals surface area contributed by atoms with Crippen LogP contribution in [-0.4, -0.2) is 27.6 Å². The van der Waals surface area contributed by atoms with E-state index in [-0.39, 0.29) is 20.1 Å². The summed E-state index contributed by atoms with van der Waals surface area (Å²) in [5, 5.41) is 3.56. The number of aromatic nitrogens is 4. The molecular formula is C39H40IrN4OSi-2. The number of pyridine rings is 2. The first-order valence-corrected chi connectivity index (χ1v) is 19.2. The zero-order valence-electron chi connectivity index (χ0n) is 27.6. The van der Waals surface area contributed by atoms with Crippen LogP contribution in [0.5, 0.6) is 0 Å². The predicted molar refractivity (Wildman–Crippen MR) is 189 cm³/mol. The summed E-state index contributed by atoms with van der Waals surface area (Å²) in [5.74, 6) is 1.56. The number of hydrogen-bond donors (Lipinski definition) is 0. The van der Waals surface area contributed by atoms with Crippen molar-refractivity contribution in [2.24, 2.45) is 13.0 Å². The number of furan rings is 1. The zero-order chi connectivity index (χ0) is 31.7. The van der Waals surface area contributed by atoms with Crippen molar-refractivity contribution >= 4 is 46.4 Å². The predicted octanol–water partition coefficient (Wildman–Crippen LogP) is 9.32. The van der Waals surface area contributed by atoms with Crippen LogP contribution in [0.1, 0.15) is 31.5 Å². The number of para-hydroxylation sites is 2. The Hall–Kier alpha value is -3.90. The molecule has 0 saturated heterocycles. The van der Waals surface area contributed by atoms with Gasteiger partial charge in [0.25, 0.3) is 0 Å². The summed E-state index contributed by atoms with van der Waals surface area (Å²) in [4.78, 5) is 14.0. The van der Waals surface area contributed by atoms with Gasteiger partial charge in [-0.15, -0.1) is 54.1 Å². The average Bonchev–Trinajstić information content (AvgIpc) is 3.58. The first-order chi connectivity index (χ1) is 21.6. The van der Waals surface area contributed by atoms with Crippen molar-refractivity contribution in [1.82, 2.24) is 19.5 Å². The molecule has 0 aliphatic heterocycles. The second kappa shape index (κ2) is 13.8. The van der Waals surface area contributed by atoms with Crippen LogP contribution in [0.25, 0.3) is 55.7 Å². The van der Waals surface area contributed by atoms with E-state index in [1.165, 1.54) is 17.2 Å². The molecule has 7 rings (SSSR count). The smallest absolute Gasteiger partial charge is 0.216 e. The fourth-order valence-electron chi connectivity index (χ4n) is 5.81. The number of benzene rings is 3.